The van der Waals surface area contributed by atoms with Crippen molar-refractivity contribution in [1.29, 1.82) is 0 Å². The van der Waals surface area contributed by atoms with Crippen LogP contribution in [0.1, 0.15) is 50.3 Å². The fourth-order valence-electron chi connectivity index (χ4n) is 3.04. The van der Waals surface area contributed by atoms with Gasteiger partial charge in [0.1, 0.15) is 11.5 Å². The first-order chi connectivity index (χ1) is 11.6. The van der Waals surface area contributed by atoms with Gasteiger partial charge in [-0.1, -0.05) is 0 Å². The van der Waals surface area contributed by atoms with Crippen molar-refractivity contribution in [2.75, 3.05) is 13.1 Å². The number of carbonyl (C=O) groups is 1. The minimum absolute atomic E-state index is 0.0182. The van der Waals surface area contributed by atoms with Gasteiger partial charge in [0.25, 0.3) is 0 Å². The lowest BCUT2D eigenvalue weighted by atomic mass is 9.92. The lowest BCUT2D eigenvalue weighted by molar-refractivity contribution is -0.141. The van der Waals surface area contributed by atoms with E-state index in [9.17, 15) is 18.0 Å². The molecule has 2 rings (SSSR count). The number of aryl methyl sites for hydroxylation is 1. The molecule has 0 saturated carbocycles. The van der Waals surface area contributed by atoms with Crippen LogP contribution in [0.5, 0.6) is 0 Å². The maximum absolute atomic E-state index is 12.8. The van der Waals surface area contributed by atoms with Crippen molar-refractivity contribution in [2.24, 2.45) is 5.92 Å². The number of hydrogen-bond acceptors (Lipinski definition) is 4. The van der Waals surface area contributed by atoms with Crippen molar-refractivity contribution in [3.63, 3.8) is 0 Å². The first-order valence-electron chi connectivity index (χ1n) is 8.57. The van der Waals surface area contributed by atoms with Gasteiger partial charge in [0.2, 0.25) is 5.91 Å². The number of amides is 1. The van der Waals surface area contributed by atoms with Crippen LogP contribution in [0.3, 0.4) is 0 Å². The molecule has 2 heterocycles. The van der Waals surface area contributed by atoms with Crippen LogP contribution in [0.2, 0.25) is 0 Å². The van der Waals surface area contributed by atoms with Crippen LogP contribution in [0.15, 0.2) is 6.07 Å². The molecule has 0 spiro atoms. The number of piperidine rings is 1. The molecule has 1 fully saturated rings. The van der Waals surface area contributed by atoms with Gasteiger partial charge in [-0.15, -0.1) is 0 Å². The Labute approximate surface area is 146 Å². The molecule has 1 aromatic heterocycles. The van der Waals surface area contributed by atoms with Gasteiger partial charge in [0, 0.05) is 18.2 Å². The van der Waals surface area contributed by atoms with Crippen molar-refractivity contribution in [3.05, 3.63) is 23.3 Å². The van der Waals surface area contributed by atoms with Gasteiger partial charge in [-0.3, -0.25) is 4.79 Å². The highest BCUT2D eigenvalue weighted by molar-refractivity contribution is 5.76. The van der Waals surface area contributed by atoms with Crippen LogP contribution >= 0.6 is 0 Å². The van der Waals surface area contributed by atoms with Gasteiger partial charge in [-0.2, -0.15) is 13.2 Å². The molecule has 1 aliphatic heterocycles. The molecule has 1 aliphatic rings. The number of halogens is 3. The normalized spacial score (nSPS) is 17.1. The highest BCUT2D eigenvalue weighted by Crippen LogP contribution is 2.27. The smallest absolute Gasteiger partial charge is 0.349 e. The third-order valence-corrected chi connectivity index (χ3v) is 4.49. The number of nitrogens with one attached hydrogen (secondary N) is 1. The van der Waals surface area contributed by atoms with E-state index in [0.29, 0.717) is 18.4 Å². The minimum atomic E-state index is -4.52. The number of aromatic nitrogens is 2. The van der Waals surface area contributed by atoms with Gasteiger partial charge in [-0.05, 0) is 58.7 Å². The van der Waals surface area contributed by atoms with Crippen LogP contribution in [0.4, 0.5) is 13.2 Å². The summed E-state index contributed by atoms with van der Waals surface area (Å²) in [6, 6.07) is 1.41. The number of rotatable bonds is 5. The van der Waals surface area contributed by atoms with Crippen LogP contribution in [0.25, 0.3) is 0 Å². The quantitative estimate of drug-likeness (QED) is 0.879. The molecule has 0 bridgehead atoms. The van der Waals surface area contributed by atoms with Gasteiger partial charge >= 0.3 is 6.18 Å². The van der Waals surface area contributed by atoms with E-state index in [1.54, 1.807) is 0 Å². The first-order valence-corrected chi connectivity index (χ1v) is 8.57. The standard InChI is InChI=1S/C17H25F3N4O/c1-11(2)24-6-4-13(5-7-24)9-16(25)21-10-15-22-12(3)8-14(23-15)17(18,19)20/h8,11,13H,4-7,9-10H2,1-3H3,(H,21,25). The molecular weight excluding hydrogens is 333 g/mol. The van der Waals surface area contributed by atoms with E-state index in [1.165, 1.54) is 6.92 Å². The van der Waals surface area contributed by atoms with Crippen LogP contribution in [-0.2, 0) is 17.5 Å². The summed E-state index contributed by atoms with van der Waals surface area (Å²) >= 11 is 0. The van der Waals surface area contributed by atoms with Crippen LogP contribution in [-0.4, -0.2) is 39.9 Å². The first kappa shape index (κ1) is 19.6. The average Bonchev–Trinajstić information content (AvgIpc) is 2.52. The lowest BCUT2D eigenvalue weighted by Gasteiger charge is -2.34. The Bertz CT molecular complexity index is 596. The topological polar surface area (TPSA) is 58.1 Å². The zero-order valence-corrected chi connectivity index (χ0v) is 14.9. The fraction of sp³-hybridized carbons (Fsp3) is 0.706. The van der Waals surface area contributed by atoms with E-state index >= 15 is 0 Å². The maximum atomic E-state index is 12.8. The number of alkyl halides is 3. The molecule has 1 N–H and O–H groups in total. The van der Waals surface area contributed by atoms with Crippen molar-refractivity contribution in [1.82, 2.24) is 20.2 Å². The van der Waals surface area contributed by atoms with Gasteiger partial charge in [0.15, 0.2) is 0 Å². The molecule has 1 amide bonds. The Balaban J connectivity index is 1.84. The SMILES string of the molecule is Cc1cc(C(F)(F)F)nc(CNC(=O)CC2CCN(C(C)C)CC2)n1. The summed E-state index contributed by atoms with van der Waals surface area (Å²) < 4.78 is 38.3. The molecule has 1 aromatic rings. The predicted octanol–water partition coefficient (Wildman–Crippen LogP) is 2.93. The highest BCUT2D eigenvalue weighted by Gasteiger charge is 2.33. The van der Waals surface area contributed by atoms with Crippen molar-refractivity contribution in [3.8, 4) is 0 Å². The Morgan fingerprint density at radius 1 is 1.32 bits per heavy atom. The predicted molar refractivity (Wildman–Crippen MR) is 87.7 cm³/mol. The molecule has 8 heteroatoms. The molecular formula is C17H25F3N4O. The molecule has 0 atom stereocenters. The third kappa shape index (κ3) is 5.95. The lowest BCUT2D eigenvalue weighted by Crippen LogP contribution is -2.39. The number of carbonyl (C=O) groups excluding carboxylic acids is 1. The van der Waals surface area contributed by atoms with Crippen LogP contribution < -0.4 is 5.32 Å². The second-order valence-electron chi connectivity index (χ2n) is 6.86. The third-order valence-electron chi connectivity index (χ3n) is 4.49. The van der Waals surface area contributed by atoms with Crippen molar-refractivity contribution < 1.29 is 18.0 Å². The minimum Gasteiger partial charge on any atom is -0.349 e. The van der Waals surface area contributed by atoms with Crippen LogP contribution in [0, 0.1) is 12.8 Å². The fourth-order valence-corrected chi connectivity index (χ4v) is 3.04. The molecule has 25 heavy (non-hydrogen) atoms. The van der Waals surface area contributed by atoms with E-state index in [-0.39, 0.29) is 24.0 Å². The second kappa shape index (κ2) is 8.12. The summed E-state index contributed by atoms with van der Waals surface area (Å²) in [6.07, 6.45) is -2.20. The molecule has 0 radical (unpaired) electrons. The number of hydrogen-bond donors (Lipinski definition) is 1. The Kier molecular flexibility index (Phi) is 6.37. The Morgan fingerprint density at radius 2 is 1.96 bits per heavy atom. The zero-order valence-electron chi connectivity index (χ0n) is 14.9. The van der Waals surface area contributed by atoms with E-state index in [4.69, 9.17) is 0 Å². The molecule has 0 aliphatic carbocycles. The van der Waals surface area contributed by atoms with E-state index in [0.717, 1.165) is 32.0 Å². The summed E-state index contributed by atoms with van der Waals surface area (Å²) in [6.45, 7) is 7.66. The number of likely N-dealkylation sites (tertiary alicyclic amines) is 1. The average molecular weight is 358 g/mol. The second-order valence-corrected chi connectivity index (χ2v) is 6.86. The monoisotopic (exact) mass is 358 g/mol. The summed E-state index contributed by atoms with van der Waals surface area (Å²) in [4.78, 5) is 21.9. The maximum Gasteiger partial charge on any atom is 0.433 e. The number of nitrogens with zero attached hydrogens (tertiary/aromatic N) is 3. The van der Waals surface area contributed by atoms with E-state index < -0.39 is 11.9 Å². The summed E-state index contributed by atoms with van der Waals surface area (Å²) in [5.74, 6) is 0.135. The van der Waals surface area contributed by atoms with Crippen molar-refractivity contribution in [2.45, 2.75) is 58.8 Å². The molecule has 0 unspecified atom stereocenters. The van der Waals surface area contributed by atoms with Crippen molar-refractivity contribution >= 4 is 5.91 Å². The Morgan fingerprint density at radius 3 is 2.52 bits per heavy atom. The molecule has 0 aromatic carbocycles. The molecule has 140 valence electrons. The zero-order chi connectivity index (χ0) is 18.6. The van der Waals surface area contributed by atoms with Gasteiger partial charge in [0.05, 0.1) is 6.54 Å². The largest absolute Gasteiger partial charge is 0.433 e. The Hall–Kier alpha value is -1.70. The highest BCUT2D eigenvalue weighted by atomic mass is 19.4. The molecule has 5 nitrogen and oxygen atoms in total. The van der Waals surface area contributed by atoms with E-state index in [1.807, 2.05) is 0 Å². The summed E-state index contributed by atoms with van der Waals surface area (Å²) in [7, 11) is 0. The summed E-state index contributed by atoms with van der Waals surface area (Å²) in [5, 5.41) is 2.64. The molecule has 1 saturated heterocycles. The van der Waals surface area contributed by atoms with E-state index in [2.05, 4.69) is 34.0 Å². The summed E-state index contributed by atoms with van der Waals surface area (Å²) in [5.41, 5.74) is -0.752. The van der Waals surface area contributed by atoms with Gasteiger partial charge < -0.3 is 10.2 Å². The van der Waals surface area contributed by atoms with Gasteiger partial charge in [-0.25, -0.2) is 9.97 Å².